The number of benzene rings is 2. The maximum atomic E-state index is 14.1. The highest BCUT2D eigenvalue weighted by molar-refractivity contribution is 6.35. The van der Waals surface area contributed by atoms with Crippen molar-refractivity contribution in [3.8, 4) is 5.69 Å². The number of carboxylic acid groups (broad SMARTS) is 1. The molecule has 2 N–H and O–H groups in total. The van der Waals surface area contributed by atoms with Crippen LogP contribution in [0.4, 0.5) is 18.0 Å². The summed E-state index contributed by atoms with van der Waals surface area (Å²) in [5.41, 5.74) is -1.33. The Balaban J connectivity index is 2.30. The molecule has 3 rings (SSSR count). The van der Waals surface area contributed by atoms with Crippen LogP contribution in [0.3, 0.4) is 0 Å². The van der Waals surface area contributed by atoms with Gasteiger partial charge in [0.15, 0.2) is 0 Å². The second-order valence-electron chi connectivity index (χ2n) is 5.53. The molecular formula is C17H11ClF3N3O3. The number of fused-ring (bicyclic) bond motifs is 1. The summed E-state index contributed by atoms with van der Waals surface area (Å²) < 4.78 is 42.3. The fraction of sp³-hybridized carbons (Fsp3) is 0.118. The van der Waals surface area contributed by atoms with Gasteiger partial charge in [-0.15, -0.1) is 0 Å². The number of hydrogen-bond acceptors (Lipinski definition) is 3. The van der Waals surface area contributed by atoms with Gasteiger partial charge in [0, 0.05) is 19.0 Å². The van der Waals surface area contributed by atoms with Crippen molar-refractivity contribution in [2.45, 2.75) is 6.42 Å². The molecule has 3 aromatic rings. The van der Waals surface area contributed by atoms with Crippen LogP contribution in [0.1, 0.15) is 5.82 Å². The lowest BCUT2D eigenvalue weighted by atomic mass is 10.2. The molecule has 1 aromatic heterocycles. The van der Waals surface area contributed by atoms with E-state index in [1.807, 2.05) is 0 Å². The second kappa shape index (κ2) is 7.28. The van der Waals surface area contributed by atoms with E-state index >= 15 is 0 Å². The fourth-order valence-corrected chi connectivity index (χ4v) is 2.88. The molecule has 10 heteroatoms. The Morgan fingerprint density at radius 3 is 2.48 bits per heavy atom. The van der Waals surface area contributed by atoms with Crippen molar-refractivity contribution >= 4 is 28.6 Å². The fourth-order valence-electron chi connectivity index (χ4n) is 2.65. The maximum Gasteiger partial charge on any atom is 0.404 e. The Hall–Kier alpha value is -3.07. The minimum absolute atomic E-state index is 0.0789. The zero-order valence-electron chi connectivity index (χ0n) is 13.5. The Bertz CT molecular complexity index is 1100. The molecule has 0 aliphatic heterocycles. The zero-order chi connectivity index (χ0) is 19.7. The van der Waals surface area contributed by atoms with Crippen LogP contribution in [-0.4, -0.2) is 27.3 Å². The molecule has 27 heavy (non-hydrogen) atoms. The van der Waals surface area contributed by atoms with Crippen molar-refractivity contribution in [2.24, 2.45) is 0 Å². The van der Waals surface area contributed by atoms with Crippen LogP contribution in [-0.2, 0) is 6.42 Å². The van der Waals surface area contributed by atoms with Crippen molar-refractivity contribution in [3.05, 3.63) is 69.0 Å². The van der Waals surface area contributed by atoms with Gasteiger partial charge in [-0.05, 0) is 24.3 Å². The highest BCUT2D eigenvalue weighted by Gasteiger charge is 2.18. The van der Waals surface area contributed by atoms with Gasteiger partial charge in [-0.3, -0.25) is 9.36 Å². The van der Waals surface area contributed by atoms with Crippen molar-refractivity contribution < 1.29 is 23.1 Å². The number of rotatable bonds is 4. The summed E-state index contributed by atoms with van der Waals surface area (Å²) >= 11 is 6.00. The Labute approximate surface area is 154 Å². The number of amides is 1. The molecule has 0 bridgehead atoms. The molecule has 0 saturated carbocycles. The topological polar surface area (TPSA) is 84.2 Å². The molecule has 1 amide bonds. The zero-order valence-corrected chi connectivity index (χ0v) is 14.2. The van der Waals surface area contributed by atoms with Crippen LogP contribution >= 0.6 is 11.6 Å². The highest BCUT2D eigenvalue weighted by Crippen LogP contribution is 2.23. The first-order valence-electron chi connectivity index (χ1n) is 7.61. The first-order valence-corrected chi connectivity index (χ1v) is 7.98. The number of aromatic nitrogens is 2. The molecule has 6 nitrogen and oxygen atoms in total. The first-order chi connectivity index (χ1) is 12.8. The molecule has 2 aromatic carbocycles. The smallest absolute Gasteiger partial charge is 0.404 e. The van der Waals surface area contributed by atoms with E-state index in [4.69, 9.17) is 16.7 Å². The van der Waals surface area contributed by atoms with Gasteiger partial charge in [0.2, 0.25) is 0 Å². The van der Waals surface area contributed by atoms with Crippen LogP contribution in [0, 0.1) is 17.5 Å². The molecule has 0 fully saturated rings. The van der Waals surface area contributed by atoms with Gasteiger partial charge in [-0.25, -0.2) is 22.9 Å². The molecule has 0 aliphatic rings. The lowest BCUT2D eigenvalue weighted by Crippen LogP contribution is -2.29. The minimum atomic E-state index is -1.31. The number of halogens is 4. The minimum Gasteiger partial charge on any atom is -0.465 e. The quantitative estimate of drug-likeness (QED) is 0.707. The van der Waals surface area contributed by atoms with E-state index in [0.717, 1.165) is 22.8 Å². The predicted octanol–water partition coefficient (Wildman–Crippen LogP) is 3.27. The molecule has 140 valence electrons. The van der Waals surface area contributed by atoms with E-state index in [1.165, 1.54) is 6.07 Å². The molecule has 0 spiro atoms. The number of nitrogens with one attached hydrogen (secondary N) is 1. The van der Waals surface area contributed by atoms with Gasteiger partial charge in [0.05, 0.1) is 16.1 Å². The van der Waals surface area contributed by atoms with Crippen LogP contribution in [0.25, 0.3) is 16.6 Å². The lowest BCUT2D eigenvalue weighted by Gasteiger charge is -2.15. The standard InChI is InChI=1S/C17H11ClF3N3O3/c18-11-1-2-12(21)15-14(11)16(25)24(10-6-8(19)5-9(20)7-10)13(23-15)3-4-22-17(26)27/h1-2,5-7,22H,3-4H2,(H,26,27). The Morgan fingerprint density at radius 1 is 1.19 bits per heavy atom. The molecule has 1 heterocycles. The van der Waals surface area contributed by atoms with Crippen molar-refractivity contribution in [1.82, 2.24) is 14.9 Å². The van der Waals surface area contributed by atoms with Crippen LogP contribution in [0.15, 0.2) is 35.1 Å². The van der Waals surface area contributed by atoms with Crippen molar-refractivity contribution in [2.75, 3.05) is 6.54 Å². The number of carbonyl (C=O) groups is 1. The molecule has 0 unspecified atom stereocenters. The summed E-state index contributed by atoms with van der Waals surface area (Å²) in [6.07, 6.45) is -1.45. The Morgan fingerprint density at radius 2 is 1.85 bits per heavy atom. The summed E-state index contributed by atoms with van der Waals surface area (Å²) in [7, 11) is 0. The summed E-state index contributed by atoms with van der Waals surface area (Å²) in [6, 6.07) is 4.63. The van der Waals surface area contributed by atoms with Gasteiger partial charge in [0.25, 0.3) is 5.56 Å². The van der Waals surface area contributed by atoms with Crippen molar-refractivity contribution in [3.63, 3.8) is 0 Å². The lowest BCUT2D eigenvalue weighted by molar-refractivity contribution is 0.194. The summed E-state index contributed by atoms with van der Waals surface area (Å²) in [4.78, 5) is 27.6. The van der Waals surface area contributed by atoms with E-state index < -0.39 is 29.1 Å². The monoisotopic (exact) mass is 397 g/mol. The average Bonchev–Trinajstić information content (AvgIpc) is 2.56. The van der Waals surface area contributed by atoms with E-state index in [1.54, 1.807) is 0 Å². The highest BCUT2D eigenvalue weighted by atomic mass is 35.5. The van der Waals surface area contributed by atoms with E-state index in [2.05, 4.69) is 10.3 Å². The Kier molecular flexibility index (Phi) is 5.04. The second-order valence-corrected chi connectivity index (χ2v) is 5.94. The van der Waals surface area contributed by atoms with E-state index in [0.29, 0.717) is 6.07 Å². The predicted molar refractivity (Wildman–Crippen MR) is 92.0 cm³/mol. The average molecular weight is 398 g/mol. The maximum absolute atomic E-state index is 14.1. The third-order valence-electron chi connectivity index (χ3n) is 3.72. The molecule has 0 atom stereocenters. The first kappa shape index (κ1) is 18.7. The largest absolute Gasteiger partial charge is 0.465 e. The van der Waals surface area contributed by atoms with Crippen LogP contribution in [0.5, 0.6) is 0 Å². The van der Waals surface area contributed by atoms with E-state index in [9.17, 15) is 22.8 Å². The number of nitrogens with zero attached hydrogens (tertiary/aromatic N) is 2. The van der Waals surface area contributed by atoms with Gasteiger partial charge in [-0.1, -0.05) is 11.6 Å². The van der Waals surface area contributed by atoms with Crippen molar-refractivity contribution in [1.29, 1.82) is 0 Å². The molecular weight excluding hydrogens is 387 g/mol. The van der Waals surface area contributed by atoms with E-state index in [-0.39, 0.29) is 40.4 Å². The van der Waals surface area contributed by atoms with Gasteiger partial charge < -0.3 is 10.4 Å². The third kappa shape index (κ3) is 3.72. The van der Waals surface area contributed by atoms with Gasteiger partial charge >= 0.3 is 6.09 Å². The van der Waals surface area contributed by atoms with Crippen LogP contribution in [0.2, 0.25) is 5.02 Å². The normalized spacial score (nSPS) is 11.0. The molecule has 0 aliphatic carbocycles. The number of hydrogen-bond donors (Lipinski definition) is 2. The molecule has 0 saturated heterocycles. The summed E-state index contributed by atoms with van der Waals surface area (Å²) in [6.45, 7) is -0.159. The SMILES string of the molecule is O=C(O)NCCc1nc2c(F)ccc(Cl)c2c(=O)n1-c1cc(F)cc(F)c1. The van der Waals surface area contributed by atoms with Crippen LogP contribution < -0.4 is 10.9 Å². The van der Waals surface area contributed by atoms with Gasteiger partial charge in [0.1, 0.15) is 28.8 Å². The van der Waals surface area contributed by atoms with Gasteiger partial charge in [-0.2, -0.15) is 0 Å². The third-order valence-corrected chi connectivity index (χ3v) is 4.04. The summed E-state index contributed by atoms with van der Waals surface area (Å²) in [5, 5.41) is 10.4. The summed E-state index contributed by atoms with van der Waals surface area (Å²) in [5.74, 6) is -2.77. The molecule has 0 radical (unpaired) electrons.